The van der Waals surface area contributed by atoms with Crippen LogP contribution in [0.2, 0.25) is 0 Å². The molecule has 0 bridgehead atoms. The Morgan fingerprint density at radius 3 is 2.68 bits per heavy atom. The van der Waals surface area contributed by atoms with Gasteiger partial charge in [0.1, 0.15) is 9.84 Å². The largest absolute Gasteiger partial charge is 0.380 e. The lowest BCUT2D eigenvalue weighted by Gasteiger charge is -2.21. The molecule has 0 saturated heterocycles. The Balaban J connectivity index is 1.91. The van der Waals surface area contributed by atoms with E-state index >= 15 is 4.39 Å². The van der Waals surface area contributed by atoms with E-state index in [2.05, 4.69) is 10.3 Å². The van der Waals surface area contributed by atoms with E-state index in [1.807, 2.05) is 0 Å². The van der Waals surface area contributed by atoms with Gasteiger partial charge in [0.2, 0.25) is 5.91 Å². The van der Waals surface area contributed by atoms with Crippen LogP contribution in [0.15, 0.2) is 12.4 Å². The lowest BCUT2D eigenvalue weighted by atomic mass is 9.88. The number of amides is 1. The highest BCUT2D eigenvalue weighted by Gasteiger charge is 2.24. The zero-order valence-corrected chi connectivity index (χ0v) is 17.0. The molecule has 7 nitrogen and oxygen atoms in total. The maximum Gasteiger partial charge on any atom is 0.227 e. The van der Waals surface area contributed by atoms with Crippen molar-refractivity contribution in [1.82, 2.24) is 9.38 Å². The number of carbonyl (C=O) groups excluding carboxylic acids is 1. The summed E-state index contributed by atoms with van der Waals surface area (Å²) >= 11 is 0. The van der Waals surface area contributed by atoms with Gasteiger partial charge < -0.3 is 14.5 Å². The second-order valence-electron chi connectivity index (χ2n) is 7.44. The van der Waals surface area contributed by atoms with Crippen molar-refractivity contribution in [2.24, 2.45) is 5.92 Å². The number of aryl methyl sites for hydroxylation is 1. The first-order valence-corrected chi connectivity index (χ1v) is 11.5. The zero-order chi connectivity index (χ0) is 20.3. The van der Waals surface area contributed by atoms with Crippen LogP contribution < -0.4 is 5.32 Å². The lowest BCUT2D eigenvalue weighted by molar-refractivity contribution is -0.120. The van der Waals surface area contributed by atoms with E-state index in [1.165, 1.54) is 11.5 Å². The van der Waals surface area contributed by atoms with Crippen LogP contribution in [-0.4, -0.2) is 42.8 Å². The van der Waals surface area contributed by atoms with Gasteiger partial charge in [-0.25, -0.2) is 17.8 Å². The maximum atomic E-state index is 15.1. The standard InChI is InChI=1S/C19H26FN3O4S/c1-27-12-15-16(22-19(24)13-6-4-3-5-7-13)11-23-10-14(8-9-28(2,25)26)21-18(23)17(15)20/h10-11,13H,3-9,12H2,1-2H3,(H,22,24). The molecule has 0 aliphatic heterocycles. The van der Waals surface area contributed by atoms with Crippen molar-refractivity contribution in [3.8, 4) is 0 Å². The number of nitrogens with one attached hydrogen (secondary N) is 1. The minimum absolute atomic E-state index is 0.00581. The van der Waals surface area contributed by atoms with Gasteiger partial charge >= 0.3 is 0 Å². The van der Waals surface area contributed by atoms with Gasteiger partial charge in [-0.05, 0) is 12.8 Å². The Labute approximate surface area is 164 Å². The van der Waals surface area contributed by atoms with Gasteiger partial charge in [0, 0.05) is 43.7 Å². The van der Waals surface area contributed by atoms with Crippen LogP contribution in [0, 0.1) is 11.7 Å². The summed E-state index contributed by atoms with van der Waals surface area (Å²) in [6.45, 7) is -0.00581. The Morgan fingerprint density at radius 2 is 2.04 bits per heavy atom. The van der Waals surface area contributed by atoms with E-state index in [1.54, 1.807) is 12.4 Å². The molecule has 1 fully saturated rings. The first kappa shape index (κ1) is 20.7. The molecule has 2 aromatic rings. The van der Waals surface area contributed by atoms with E-state index in [-0.39, 0.29) is 41.8 Å². The van der Waals surface area contributed by atoms with Crippen LogP contribution in [0.3, 0.4) is 0 Å². The summed E-state index contributed by atoms with van der Waals surface area (Å²) in [4.78, 5) is 16.8. The maximum absolute atomic E-state index is 15.1. The molecular formula is C19H26FN3O4S. The highest BCUT2D eigenvalue weighted by molar-refractivity contribution is 7.90. The fourth-order valence-electron chi connectivity index (χ4n) is 3.58. The molecule has 1 aliphatic carbocycles. The number of hydrogen-bond donors (Lipinski definition) is 1. The van der Waals surface area contributed by atoms with E-state index in [0.29, 0.717) is 11.4 Å². The number of pyridine rings is 1. The SMILES string of the molecule is COCc1c(NC(=O)C2CCCCC2)cn2cc(CCS(C)(=O)=O)nc2c1F. The average molecular weight is 411 g/mol. The first-order chi connectivity index (χ1) is 13.3. The molecule has 0 aromatic carbocycles. The molecule has 0 radical (unpaired) electrons. The highest BCUT2D eigenvalue weighted by Crippen LogP contribution is 2.28. The molecule has 3 rings (SSSR count). The molecular weight excluding hydrogens is 385 g/mol. The smallest absolute Gasteiger partial charge is 0.227 e. The molecule has 0 spiro atoms. The molecule has 2 heterocycles. The summed E-state index contributed by atoms with van der Waals surface area (Å²) in [7, 11) is -1.69. The van der Waals surface area contributed by atoms with Crippen LogP contribution in [0.4, 0.5) is 10.1 Å². The third-order valence-corrected chi connectivity index (χ3v) is 6.03. The summed E-state index contributed by atoms with van der Waals surface area (Å²) in [5, 5.41) is 2.86. The number of hydrogen-bond acceptors (Lipinski definition) is 5. The van der Waals surface area contributed by atoms with Crippen molar-refractivity contribution in [1.29, 1.82) is 0 Å². The van der Waals surface area contributed by atoms with Crippen LogP contribution in [0.5, 0.6) is 0 Å². The topological polar surface area (TPSA) is 89.8 Å². The molecule has 9 heteroatoms. The van der Waals surface area contributed by atoms with Crippen LogP contribution in [0.25, 0.3) is 5.65 Å². The molecule has 1 aliphatic rings. The van der Waals surface area contributed by atoms with Gasteiger partial charge in [-0.3, -0.25) is 4.79 Å². The molecule has 2 aromatic heterocycles. The number of sulfone groups is 1. The Morgan fingerprint density at radius 1 is 1.32 bits per heavy atom. The molecule has 1 saturated carbocycles. The first-order valence-electron chi connectivity index (χ1n) is 9.45. The van der Waals surface area contributed by atoms with Gasteiger partial charge in [-0.15, -0.1) is 0 Å². The Kier molecular flexibility index (Phi) is 6.34. The van der Waals surface area contributed by atoms with Gasteiger partial charge in [-0.1, -0.05) is 19.3 Å². The number of fused-ring (bicyclic) bond motifs is 1. The fourth-order valence-corrected chi connectivity index (χ4v) is 4.16. The summed E-state index contributed by atoms with van der Waals surface area (Å²) in [6, 6.07) is 0. The van der Waals surface area contributed by atoms with Crippen molar-refractivity contribution in [2.45, 2.75) is 45.1 Å². The number of carbonyl (C=O) groups is 1. The van der Waals surface area contributed by atoms with Crippen molar-refractivity contribution >= 4 is 27.1 Å². The summed E-state index contributed by atoms with van der Waals surface area (Å²) in [5.41, 5.74) is 1.16. The number of imidazole rings is 1. The number of rotatable bonds is 7. The van der Waals surface area contributed by atoms with Crippen LogP contribution >= 0.6 is 0 Å². The number of methoxy groups -OCH3 is 1. The van der Waals surface area contributed by atoms with Gasteiger partial charge in [0.05, 0.1) is 23.7 Å². The fraction of sp³-hybridized carbons (Fsp3) is 0.579. The lowest BCUT2D eigenvalue weighted by Crippen LogP contribution is -2.25. The Bertz CT molecular complexity index is 965. The van der Waals surface area contributed by atoms with E-state index in [4.69, 9.17) is 4.74 Å². The predicted molar refractivity (Wildman–Crippen MR) is 104 cm³/mol. The second kappa shape index (κ2) is 8.57. The number of halogens is 1. The van der Waals surface area contributed by atoms with Gasteiger partial charge in [0.15, 0.2) is 11.5 Å². The number of anilines is 1. The third-order valence-electron chi connectivity index (χ3n) is 5.09. The summed E-state index contributed by atoms with van der Waals surface area (Å²) in [5.74, 6) is -0.799. The Hall–Kier alpha value is -2.00. The van der Waals surface area contributed by atoms with E-state index < -0.39 is 15.7 Å². The van der Waals surface area contributed by atoms with E-state index in [0.717, 1.165) is 38.4 Å². The molecule has 0 unspecified atom stereocenters. The quantitative estimate of drug-likeness (QED) is 0.757. The predicted octanol–water partition coefficient (Wildman–Crippen LogP) is 2.73. The molecule has 154 valence electrons. The van der Waals surface area contributed by atoms with Gasteiger partial charge in [0.25, 0.3) is 0 Å². The van der Waals surface area contributed by atoms with Crippen LogP contribution in [0.1, 0.15) is 43.4 Å². The second-order valence-corrected chi connectivity index (χ2v) is 9.70. The van der Waals surface area contributed by atoms with Crippen molar-refractivity contribution in [2.75, 3.05) is 24.4 Å². The van der Waals surface area contributed by atoms with Crippen molar-refractivity contribution in [3.63, 3.8) is 0 Å². The number of aromatic nitrogens is 2. The zero-order valence-electron chi connectivity index (χ0n) is 16.2. The summed E-state index contributed by atoms with van der Waals surface area (Å²) in [6.07, 6.45) is 9.45. The minimum atomic E-state index is -3.14. The molecule has 0 atom stereocenters. The third kappa shape index (κ3) is 4.88. The number of nitrogens with zero attached hydrogens (tertiary/aromatic N) is 2. The molecule has 1 N–H and O–H groups in total. The molecule has 28 heavy (non-hydrogen) atoms. The average Bonchev–Trinajstić information content (AvgIpc) is 3.07. The van der Waals surface area contributed by atoms with Crippen molar-refractivity contribution < 1.29 is 22.3 Å². The van der Waals surface area contributed by atoms with E-state index in [9.17, 15) is 13.2 Å². The minimum Gasteiger partial charge on any atom is -0.380 e. The monoisotopic (exact) mass is 411 g/mol. The highest BCUT2D eigenvalue weighted by atomic mass is 32.2. The van der Waals surface area contributed by atoms with Crippen molar-refractivity contribution in [3.05, 3.63) is 29.5 Å². The normalized spacial score (nSPS) is 15.8. The number of ether oxygens (including phenoxy) is 1. The molecule has 1 amide bonds. The summed E-state index contributed by atoms with van der Waals surface area (Å²) < 4.78 is 44.4. The van der Waals surface area contributed by atoms with Crippen LogP contribution in [-0.2, 0) is 32.4 Å². The van der Waals surface area contributed by atoms with Gasteiger partial charge in [-0.2, -0.15) is 0 Å².